The summed E-state index contributed by atoms with van der Waals surface area (Å²) in [6, 6.07) is 4.00. The molecule has 0 heterocycles. The molecule has 0 aliphatic carbocycles. The molecule has 1 aromatic rings. The molecule has 12 heavy (non-hydrogen) atoms. The van der Waals surface area contributed by atoms with Gasteiger partial charge in [0.15, 0.2) is 5.96 Å². The van der Waals surface area contributed by atoms with E-state index in [0.29, 0.717) is 5.69 Å². The molecule has 0 unspecified atom stereocenters. The molecule has 0 bridgehead atoms. The molecule has 0 aliphatic heterocycles. The van der Waals surface area contributed by atoms with Crippen molar-refractivity contribution in [2.45, 2.75) is 0 Å². The van der Waals surface area contributed by atoms with Gasteiger partial charge in [-0.25, -0.2) is 9.38 Å². The molecular weight excluding hydrogens is 159 g/mol. The Morgan fingerprint density at radius 1 is 1.33 bits per heavy atom. The molecule has 0 aromatic heterocycles. The third-order valence-electron chi connectivity index (χ3n) is 1.24. The van der Waals surface area contributed by atoms with Crippen molar-refractivity contribution in [3.63, 3.8) is 0 Å². The number of hydrogen-bond acceptors (Lipinski definition) is 2. The van der Waals surface area contributed by atoms with Crippen LogP contribution in [0.2, 0.25) is 0 Å². The largest absolute Gasteiger partial charge is 0.396 e. The monoisotopic (exact) mass is 168 g/mol. The van der Waals surface area contributed by atoms with E-state index in [1.165, 1.54) is 18.2 Å². The van der Waals surface area contributed by atoms with E-state index in [2.05, 4.69) is 4.99 Å². The lowest BCUT2D eigenvalue weighted by molar-refractivity contribution is 0.632. The third kappa shape index (κ3) is 1.85. The normalized spacial score (nSPS) is 9.42. The predicted octanol–water partition coefficient (Wildman–Crippen LogP) is 0.313. The number of nitrogens with zero attached hydrogens (tertiary/aromatic N) is 1. The van der Waals surface area contributed by atoms with Crippen LogP contribution in [-0.4, -0.2) is 5.96 Å². The van der Waals surface area contributed by atoms with E-state index in [1.54, 1.807) is 0 Å². The fourth-order valence-corrected chi connectivity index (χ4v) is 0.750. The fraction of sp³-hybridized carbons (Fsp3) is 0. The molecule has 4 nitrogen and oxygen atoms in total. The van der Waals surface area contributed by atoms with Gasteiger partial charge in [-0.1, -0.05) is 0 Å². The maximum atomic E-state index is 12.6. The maximum Gasteiger partial charge on any atom is 0.191 e. The van der Waals surface area contributed by atoms with Gasteiger partial charge in [0.25, 0.3) is 0 Å². The van der Waals surface area contributed by atoms with Crippen molar-refractivity contribution in [1.82, 2.24) is 0 Å². The second kappa shape index (κ2) is 3.08. The number of rotatable bonds is 1. The number of nitrogen functional groups attached to an aromatic ring is 1. The predicted molar refractivity (Wildman–Crippen MR) is 46.3 cm³/mol. The van der Waals surface area contributed by atoms with Gasteiger partial charge < -0.3 is 17.2 Å². The second-order valence-corrected chi connectivity index (χ2v) is 2.24. The summed E-state index contributed by atoms with van der Waals surface area (Å²) in [4.78, 5) is 3.69. The SMILES string of the molecule is NC(N)=Nc1ccc(F)c(N)c1. The van der Waals surface area contributed by atoms with Crippen molar-refractivity contribution < 1.29 is 4.39 Å². The Kier molecular flexibility index (Phi) is 2.14. The zero-order chi connectivity index (χ0) is 9.14. The van der Waals surface area contributed by atoms with E-state index < -0.39 is 5.82 Å². The zero-order valence-corrected chi connectivity index (χ0v) is 6.29. The number of anilines is 1. The van der Waals surface area contributed by atoms with Crippen LogP contribution in [-0.2, 0) is 0 Å². The lowest BCUT2D eigenvalue weighted by atomic mass is 10.3. The lowest BCUT2D eigenvalue weighted by Crippen LogP contribution is -2.21. The first-order valence-electron chi connectivity index (χ1n) is 3.24. The highest BCUT2D eigenvalue weighted by Gasteiger charge is 1.97. The number of benzene rings is 1. The molecule has 1 rings (SSSR count). The van der Waals surface area contributed by atoms with Gasteiger partial charge in [0.1, 0.15) is 5.82 Å². The van der Waals surface area contributed by atoms with Crippen molar-refractivity contribution in [2.24, 2.45) is 16.5 Å². The number of halogens is 1. The minimum Gasteiger partial charge on any atom is -0.396 e. The van der Waals surface area contributed by atoms with Gasteiger partial charge in [0, 0.05) is 0 Å². The fourth-order valence-electron chi connectivity index (χ4n) is 0.750. The second-order valence-electron chi connectivity index (χ2n) is 2.24. The Morgan fingerprint density at radius 2 is 2.00 bits per heavy atom. The molecule has 0 atom stereocenters. The summed E-state index contributed by atoms with van der Waals surface area (Å²) < 4.78 is 12.6. The smallest absolute Gasteiger partial charge is 0.191 e. The van der Waals surface area contributed by atoms with Gasteiger partial charge in [-0.2, -0.15) is 0 Å². The molecule has 0 aliphatic rings. The summed E-state index contributed by atoms with van der Waals surface area (Å²) in [7, 11) is 0. The van der Waals surface area contributed by atoms with Crippen molar-refractivity contribution in [3.05, 3.63) is 24.0 Å². The molecule has 0 saturated heterocycles. The van der Waals surface area contributed by atoms with Crippen LogP contribution < -0.4 is 17.2 Å². The molecule has 64 valence electrons. The standard InChI is InChI=1S/C7H9FN4/c8-5-2-1-4(3-6(5)9)12-7(10)11/h1-3H,9H2,(H4,10,11,12). The van der Waals surface area contributed by atoms with Gasteiger partial charge in [-0.15, -0.1) is 0 Å². The van der Waals surface area contributed by atoms with Crippen molar-refractivity contribution in [2.75, 3.05) is 5.73 Å². The van der Waals surface area contributed by atoms with Crippen LogP contribution in [0.1, 0.15) is 0 Å². The first-order chi connectivity index (χ1) is 5.59. The molecule has 0 amide bonds. The van der Waals surface area contributed by atoms with Crippen LogP contribution in [0.5, 0.6) is 0 Å². The highest BCUT2D eigenvalue weighted by Crippen LogP contribution is 2.18. The van der Waals surface area contributed by atoms with Gasteiger partial charge in [0.2, 0.25) is 0 Å². The summed E-state index contributed by atoms with van der Waals surface area (Å²) in [6.45, 7) is 0. The van der Waals surface area contributed by atoms with Crippen molar-refractivity contribution in [1.29, 1.82) is 0 Å². The number of guanidine groups is 1. The van der Waals surface area contributed by atoms with E-state index in [-0.39, 0.29) is 11.6 Å². The topological polar surface area (TPSA) is 90.4 Å². The Labute approximate surface area is 68.9 Å². The van der Waals surface area contributed by atoms with Crippen LogP contribution in [0.15, 0.2) is 23.2 Å². The highest BCUT2D eigenvalue weighted by molar-refractivity contribution is 5.79. The van der Waals surface area contributed by atoms with Crippen LogP contribution in [0.3, 0.4) is 0 Å². The van der Waals surface area contributed by atoms with Crippen LogP contribution >= 0.6 is 0 Å². The number of nitrogens with two attached hydrogens (primary N) is 3. The number of aliphatic imine (C=N–C) groups is 1. The molecular formula is C7H9FN4. The summed E-state index contributed by atoms with van der Waals surface area (Å²) in [5, 5.41) is 0. The van der Waals surface area contributed by atoms with E-state index in [9.17, 15) is 4.39 Å². The van der Waals surface area contributed by atoms with Crippen LogP contribution in [0, 0.1) is 5.82 Å². The third-order valence-corrected chi connectivity index (χ3v) is 1.24. The van der Waals surface area contributed by atoms with Gasteiger partial charge in [0.05, 0.1) is 11.4 Å². The Balaban J connectivity index is 3.05. The molecule has 0 fully saturated rings. The molecule has 6 N–H and O–H groups in total. The first-order valence-corrected chi connectivity index (χ1v) is 3.24. The molecule has 0 spiro atoms. The summed E-state index contributed by atoms with van der Waals surface area (Å²) in [5.41, 5.74) is 15.9. The molecule has 0 saturated carbocycles. The summed E-state index contributed by atoms with van der Waals surface area (Å²) in [5.74, 6) is -0.564. The zero-order valence-electron chi connectivity index (χ0n) is 6.29. The Morgan fingerprint density at radius 3 is 2.50 bits per heavy atom. The number of hydrogen-bond donors (Lipinski definition) is 3. The minimum atomic E-state index is -0.482. The minimum absolute atomic E-state index is 0.0255. The molecule has 5 heteroatoms. The lowest BCUT2D eigenvalue weighted by Gasteiger charge is -1.97. The highest BCUT2D eigenvalue weighted by atomic mass is 19.1. The average Bonchev–Trinajstić information content (AvgIpc) is 1.96. The quantitative estimate of drug-likeness (QED) is 0.320. The van der Waals surface area contributed by atoms with E-state index in [0.717, 1.165) is 0 Å². The van der Waals surface area contributed by atoms with Gasteiger partial charge in [-0.05, 0) is 18.2 Å². The molecule has 0 radical (unpaired) electrons. The summed E-state index contributed by atoms with van der Waals surface area (Å²) >= 11 is 0. The summed E-state index contributed by atoms with van der Waals surface area (Å²) in [6.07, 6.45) is 0. The Bertz CT molecular complexity index is 317. The maximum absolute atomic E-state index is 12.6. The van der Waals surface area contributed by atoms with E-state index in [1.807, 2.05) is 0 Å². The Hall–Kier alpha value is -1.78. The van der Waals surface area contributed by atoms with E-state index in [4.69, 9.17) is 17.2 Å². The average molecular weight is 168 g/mol. The van der Waals surface area contributed by atoms with Crippen molar-refractivity contribution >= 4 is 17.3 Å². The van der Waals surface area contributed by atoms with Crippen LogP contribution in [0.4, 0.5) is 15.8 Å². The van der Waals surface area contributed by atoms with Crippen molar-refractivity contribution in [3.8, 4) is 0 Å². The van der Waals surface area contributed by atoms with E-state index >= 15 is 0 Å². The molecule has 1 aromatic carbocycles. The first kappa shape index (κ1) is 8.32. The van der Waals surface area contributed by atoms with Gasteiger partial charge >= 0.3 is 0 Å². The van der Waals surface area contributed by atoms with Gasteiger partial charge in [-0.3, -0.25) is 0 Å². The van der Waals surface area contributed by atoms with Crippen LogP contribution in [0.25, 0.3) is 0 Å².